The molecule has 0 unspecified atom stereocenters. The molecule has 0 saturated carbocycles. The van der Waals surface area contributed by atoms with Crippen LogP contribution in [0.5, 0.6) is 17.2 Å². The van der Waals surface area contributed by atoms with Crippen molar-refractivity contribution in [3.8, 4) is 29.6 Å². The summed E-state index contributed by atoms with van der Waals surface area (Å²) in [5, 5.41) is 3.27. The van der Waals surface area contributed by atoms with E-state index in [4.69, 9.17) is 25.4 Å². The molecule has 1 aromatic rings. The first kappa shape index (κ1) is 17.2. The van der Waals surface area contributed by atoms with E-state index in [-0.39, 0.29) is 0 Å². The van der Waals surface area contributed by atoms with Crippen molar-refractivity contribution in [2.45, 2.75) is 13.0 Å². The highest BCUT2D eigenvalue weighted by Crippen LogP contribution is 2.38. The molecule has 0 saturated heterocycles. The Morgan fingerprint density at radius 2 is 1.76 bits per heavy atom. The normalized spacial score (nSPS) is 10.0. The molecule has 0 radical (unpaired) electrons. The van der Waals surface area contributed by atoms with Gasteiger partial charge in [-0.15, -0.1) is 12.3 Å². The molecule has 0 aliphatic carbocycles. The number of rotatable bonds is 10. The molecule has 1 aromatic carbocycles. The largest absolute Gasteiger partial charge is 0.493 e. The van der Waals surface area contributed by atoms with Gasteiger partial charge in [-0.05, 0) is 17.7 Å². The van der Waals surface area contributed by atoms with Crippen molar-refractivity contribution < 1.29 is 18.9 Å². The lowest BCUT2D eigenvalue weighted by Crippen LogP contribution is -2.18. The molecule has 1 N–H and O–H groups in total. The van der Waals surface area contributed by atoms with Crippen LogP contribution in [0.25, 0.3) is 0 Å². The topological polar surface area (TPSA) is 49.0 Å². The minimum atomic E-state index is 0.425. The van der Waals surface area contributed by atoms with Crippen LogP contribution in [0, 0.1) is 12.3 Å². The monoisotopic (exact) mass is 293 g/mol. The van der Waals surface area contributed by atoms with Gasteiger partial charge in [0.2, 0.25) is 5.75 Å². The maximum Gasteiger partial charge on any atom is 0.203 e. The molecule has 0 heterocycles. The maximum atomic E-state index is 5.66. The van der Waals surface area contributed by atoms with Crippen molar-refractivity contribution in [3.05, 3.63) is 17.7 Å². The molecule has 0 aliphatic heterocycles. The molecule has 116 valence electrons. The predicted molar refractivity (Wildman–Crippen MR) is 82.1 cm³/mol. The van der Waals surface area contributed by atoms with Crippen LogP contribution in [-0.4, -0.2) is 41.1 Å². The van der Waals surface area contributed by atoms with Gasteiger partial charge < -0.3 is 24.3 Å². The predicted octanol–water partition coefficient (Wildman–Crippen LogP) is 1.84. The molecule has 0 fully saturated rings. The second kappa shape index (κ2) is 9.92. The lowest BCUT2D eigenvalue weighted by atomic mass is 10.1. The summed E-state index contributed by atoms with van der Waals surface area (Å²) in [4.78, 5) is 0. The molecule has 0 aliphatic rings. The van der Waals surface area contributed by atoms with Crippen LogP contribution in [0.15, 0.2) is 12.1 Å². The average molecular weight is 293 g/mol. The molecule has 0 aromatic heterocycles. The number of hydrogen-bond acceptors (Lipinski definition) is 5. The van der Waals surface area contributed by atoms with Gasteiger partial charge in [0.05, 0.1) is 27.4 Å². The minimum Gasteiger partial charge on any atom is -0.493 e. The summed E-state index contributed by atoms with van der Waals surface area (Å²) < 4.78 is 21.4. The smallest absolute Gasteiger partial charge is 0.203 e. The van der Waals surface area contributed by atoms with E-state index in [9.17, 15) is 0 Å². The van der Waals surface area contributed by atoms with E-state index in [1.165, 1.54) is 0 Å². The Morgan fingerprint density at radius 3 is 2.29 bits per heavy atom. The van der Waals surface area contributed by atoms with Gasteiger partial charge in [-0.2, -0.15) is 0 Å². The van der Waals surface area contributed by atoms with E-state index < -0.39 is 0 Å². The Bertz CT molecular complexity index is 443. The lowest BCUT2D eigenvalue weighted by Gasteiger charge is -2.16. The molecule has 1 rings (SSSR count). The highest BCUT2D eigenvalue weighted by Gasteiger charge is 2.14. The Kier molecular flexibility index (Phi) is 8.10. The zero-order valence-corrected chi connectivity index (χ0v) is 12.9. The molecule has 0 amide bonds. The van der Waals surface area contributed by atoms with E-state index in [0.717, 1.165) is 12.1 Å². The standard InChI is InChI=1S/C16H23NO4/c1-5-6-8-21-16-14(19-3)10-13(11-15(16)20-4)12-17-7-9-18-2/h1,10-11,17H,6-9,12H2,2-4H3. The Hall–Kier alpha value is -1.90. The van der Waals surface area contributed by atoms with E-state index in [1.54, 1.807) is 21.3 Å². The van der Waals surface area contributed by atoms with Gasteiger partial charge in [0.25, 0.3) is 0 Å². The molecule has 5 nitrogen and oxygen atoms in total. The van der Waals surface area contributed by atoms with Gasteiger partial charge in [0.15, 0.2) is 11.5 Å². The van der Waals surface area contributed by atoms with Gasteiger partial charge in [0, 0.05) is 26.6 Å². The lowest BCUT2D eigenvalue weighted by molar-refractivity contribution is 0.199. The zero-order chi connectivity index (χ0) is 15.5. The minimum absolute atomic E-state index is 0.425. The van der Waals surface area contributed by atoms with Crippen LogP contribution in [0.3, 0.4) is 0 Å². The van der Waals surface area contributed by atoms with Crippen LogP contribution in [-0.2, 0) is 11.3 Å². The molecule has 0 spiro atoms. The third-order valence-electron chi connectivity index (χ3n) is 2.83. The van der Waals surface area contributed by atoms with E-state index in [0.29, 0.717) is 43.4 Å². The number of methoxy groups -OCH3 is 3. The van der Waals surface area contributed by atoms with Crippen molar-refractivity contribution >= 4 is 0 Å². The van der Waals surface area contributed by atoms with Gasteiger partial charge >= 0.3 is 0 Å². The Balaban J connectivity index is 2.82. The van der Waals surface area contributed by atoms with E-state index in [2.05, 4.69) is 11.2 Å². The van der Waals surface area contributed by atoms with Crippen LogP contribution < -0.4 is 19.5 Å². The maximum absolute atomic E-state index is 5.66. The molecule has 0 bridgehead atoms. The van der Waals surface area contributed by atoms with E-state index in [1.807, 2.05) is 12.1 Å². The second-order valence-corrected chi connectivity index (χ2v) is 4.30. The van der Waals surface area contributed by atoms with Gasteiger partial charge in [0.1, 0.15) is 0 Å². The SMILES string of the molecule is C#CCCOc1c(OC)cc(CNCCOC)cc1OC. The third-order valence-corrected chi connectivity index (χ3v) is 2.83. The number of hydrogen-bond donors (Lipinski definition) is 1. The van der Waals surface area contributed by atoms with Crippen LogP contribution in [0.4, 0.5) is 0 Å². The number of benzene rings is 1. The van der Waals surface area contributed by atoms with Crippen LogP contribution >= 0.6 is 0 Å². The van der Waals surface area contributed by atoms with Crippen molar-refractivity contribution in [3.63, 3.8) is 0 Å². The van der Waals surface area contributed by atoms with Crippen molar-refractivity contribution in [2.24, 2.45) is 0 Å². The fraction of sp³-hybridized carbons (Fsp3) is 0.500. The summed E-state index contributed by atoms with van der Waals surface area (Å²) in [7, 11) is 4.88. The van der Waals surface area contributed by atoms with Gasteiger partial charge in [-0.25, -0.2) is 0 Å². The fourth-order valence-corrected chi connectivity index (χ4v) is 1.80. The first-order valence-electron chi connectivity index (χ1n) is 6.77. The average Bonchev–Trinajstić information content (AvgIpc) is 2.52. The molecular formula is C16H23NO4. The fourth-order valence-electron chi connectivity index (χ4n) is 1.80. The third kappa shape index (κ3) is 5.54. The van der Waals surface area contributed by atoms with Crippen molar-refractivity contribution in [2.75, 3.05) is 41.1 Å². The number of terminal acetylenes is 1. The highest BCUT2D eigenvalue weighted by molar-refractivity contribution is 5.53. The highest BCUT2D eigenvalue weighted by atomic mass is 16.5. The molecule has 0 atom stereocenters. The first-order chi connectivity index (χ1) is 10.3. The Morgan fingerprint density at radius 1 is 1.10 bits per heavy atom. The van der Waals surface area contributed by atoms with Crippen molar-refractivity contribution in [1.29, 1.82) is 0 Å². The number of nitrogens with one attached hydrogen (secondary N) is 1. The van der Waals surface area contributed by atoms with Crippen LogP contribution in [0.1, 0.15) is 12.0 Å². The first-order valence-corrected chi connectivity index (χ1v) is 6.77. The summed E-state index contributed by atoms with van der Waals surface area (Å²) in [6.45, 7) is 2.57. The molecular weight excluding hydrogens is 270 g/mol. The Labute approximate surface area is 126 Å². The summed E-state index contributed by atoms with van der Waals surface area (Å²) in [5.74, 6) is 4.38. The molecule has 21 heavy (non-hydrogen) atoms. The van der Waals surface area contributed by atoms with E-state index >= 15 is 0 Å². The summed E-state index contributed by atoms with van der Waals surface area (Å²) in [6, 6.07) is 3.85. The van der Waals surface area contributed by atoms with Crippen molar-refractivity contribution in [1.82, 2.24) is 5.32 Å². The van der Waals surface area contributed by atoms with Gasteiger partial charge in [-0.3, -0.25) is 0 Å². The quantitative estimate of drug-likeness (QED) is 0.527. The number of ether oxygens (including phenoxy) is 4. The summed E-state index contributed by atoms with van der Waals surface area (Å²) in [5.41, 5.74) is 1.05. The van der Waals surface area contributed by atoms with Gasteiger partial charge in [-0.1, -0.05) is 0 Å². The summed E-state index contributed by atoms with van der Waals surface area (Å²) in [6.07, 6.45) is 5.76. The zero-order valence-electron chi connectivity index (χ0n) is 12.9. The summed E-state index contributed by atoms with van der Waals surface area (Å²) >= 11 is 0. The molecule has 5 heteroatoms. The van der Waals surface area contributed by atoms with Crippen LogP contribution in [0.2, 0.25) is 0 Å². The second-order valence-electron chi connectivity index (χ2n) is 4.30.